The van der Waals surface area contributed by atoms with Crippen LogP contribution in [0.15, 0.2) is 102 Å². The molecule has 37 heavy (non-hydrogen) atoms. The number of furan rings is 1. The maximum atomic E-state index is 10.4. The van der Waals surface area contributed by atoms with Crippen LogP contribution in [0.1, 0.15) is 0 Å². The number of phenolic OH excluding ortho intramolecular Hbond substituents is 1. The maximum absolute atomic E-state index is 10.4. The first kappa shape index (κ1) is 19.9. The number of hydrogen-bond donors (Lipinski definition) is 1. The van der Waals surface area contributed by atoms with Crippen molar-refractivity contribution >= 4 is 49.9 Å². The minimum absolute atomic E-state index is 0.130. The van der Waals surface area contributed by atoms with E-state index in [9.17, 15) is 5.11 Å². The summed E-state index contributed by atoms with van der Waals surface area (Å²) >= 11 is 0. The van der Waals surface area contributed by atoms with Crippen molar-refractivity contribution in [2.24, 2.45) is 0 Å². The van der Waals surface area contributed by atoms with E-state index < -0.39 is 0 Å². The summed E-state index contributed by atoms with van der Waals surface area (Å²) in [7, 11) is 0. The van der Waals surface area contributed by atoms with Crippen LogP contribution >= 0.6 is 0 Å². The van der Waals surface area contributed by atoms with Gasteiger partial charge in [0.2, 0.25) is 17.4 Å². The van der Waals surface area contributed by atoms with Crippen LogP contribution in [-0.4, -0.2) is 29.0 Å². The quantitative estimate of drug-likeness (QED) is 0.304. The Balaban J connectivity index is 1.27. The second-order valence-corrected chi connectivity index (χ2v) is 8.77. The van der Waals surface area contributed by atoms with E-state index >= 15 is 0 Å². The molecule has 0 spiro atoms. The number of aromatic nitrogens is 5. The van der Waals surface area contributed by atoms with Gasteiger partial charge in [0.1, 0.15) is 22.9 Å². The summed E-state index contributed by atoms with van der Waals surface area (Å²) in [6.45, 7) is 0. The summed E-state index contributed by atoms with van der Waals surface area (Å²) in [5.41, 5.74) is 4.98. The highest BCUT2D eigenvalue weighted by Crippen LogP contribution is 2.36. The standard InChI is InChI=1S/C29H17N5O3/c35-23-11-5-12-24-27(23)18-15-17(16-30-28(18)37-24)36-26-14-6-13-25(32-26)34-22-10-4-3-9-21(22)33-20-8-2-1-7-19(20)31-29(33)34/h1-16,35H. The number of para-hydroxylation sites is 4. The largest absolute Gasteiger partial charge is 0.507 e. The molecule has 0 unspecified atom stereocenters. The van der Waals surface area contributed by atoms with Crippen LogP contribution in [0.2, 0.25) is 0 Å². The molecule has 8 heteroatoms. The molecule has 8 aromatic rings. The van der Waals surface area contributed by atoms with Crippen molar-refractivity contribution in [3.63, 3.8) is 0 Å². The fourth-order valence-corrected chi connectivity index (χ4v) is 5.01. The van der Waals surface area contributed by atoms with Gasteiger partial charge >= 0.3 is 0 Å². The molecule has 0 saturated carbocycles. The maximum Gasteiger partial charge on any atom is 0.227 e. The van der Waals surface area contributed by atoms with Crippen LogP contribution < -0.4 is 4.74 Å². The van der Waals surface area contributed by atoms with Gasteiger partial charge in [0, 0.05) is 6.07 Å². The number of hydrogen-bond acceptors (Lipinski definition) is 6. The molecule has 3 aromatic carbocycles. The molecule has 0 aliphatic rings. The van der Waals surface area contributed by atoms with Gasteiger partial charge in [0.15, 0.2) is 0 Å². The van der Waals surface area contributed by atoms with E-state index in [1.165, 1.54) is 0 Å². The predicted octanol–water partition coefficient (Wildman–Crippen LogP) is 6.62. The van der Waals surface area contributed by atoms with Gasteiger partial charge in [0.05, 0.1) is 39.0 Å². The molecule has 1 N–H and O–H groups in total. The molecule has 0 aliphatic carbocycles. The highest BCUT2D eigenvalue weighted by atomic mass is 16.5. The van der Waals surface area contributed by atoms with E-state index in [0.29, 0.717) is 39.5 Å². The van der Waals surface area contributed by atoms with Gasteiger partial charge in [-0.2, -0.15) is 4.98 Å². The van der Waals surface area contributed by atoms with Gasteiger partial charge < -0.3 is 14.3 Å². The molecule has 0 bridgehead atoms. The molecule has 0 radical (unpaired) electrons. The number of aromatic hydroxyl groups is 1. The Hall–Kier alpha value is -5.37. The smallest absolute Gasteiger partial charge is 0.227 e. The van der Waals surface area contributed by atoms with Gasteiger partial charge in [-0.15, -0.1) is 0 Å². The number of phenols is 1. The van der Waals surface area contributed by atoms with Gasteiger partial charge in [-0.05, 0) is 48.5 Å². The van der Waals surface area contributed by atoms with Crippen LogP contribution in [0, 0.1) is 0 Å². The lowest BCUT2D eigenvalue weighted by atomic mass is 10.2. The van der Waals surface area contributed by atoms with Crippen LogP contribution in [0.25, 0.3) is 55.7 Å². The fraction of sp³-hybridized carbons (Fsp3) is 0. The molecule has 176 valence electrons. The van der Waals surface area contributed by atoms with Crippen molar-refractivity contribution in [2.45, 2.75) is 0 Å². The topological polar surface area (TPSA) is 90.6 Å². The van der Waals surface area contributed by atoms with E-state index in [-0.39, 0.29) is 5.75 Å². The number of nitrogens with zero attached hydrogens (tertiary/aromatic N) is 5. The first-order valence-electron chi connectivity index (χ1n) is 11.8. The number of rotatable bonds is 3. The Bertz CT molecular complexity index is 2150. The van der Waals surface area contributed by atoms with E-state index in [1.807, 2.05) is 47.0 Å². The third-order valence-corrected chi connectivity index (χ3v) is 6.57. The predicted molar refractivity (Wildman–Crippen MR) is 141 cm³/mol. The number of benzene rings is 3. The van der Waals surface area contributed by atoms with Crippen molar-refractivity contribution < 1.29 is 14.3 Å². The lowest BCUT2D eigenvalue weighted by molar-refractivity contribution is 0.460. The number of pyridine rings is 2. The summed E-state index contributed by atoms with van der Waals surface area (Å²) < 4.78 is 16.1. The zero-order chi connectivity index (χ0) is 24.5. The van der Waals surface area contributed by atoms with Crippen molar-refractivity contribution in [2.75, 3.05) is 0 Å². The Labute approximate surface area is 208 Å². The summed E-state index contributed by atoms with van der Waals surface area (Å²) in [6, 6.07) is 28.8. The molecule has 0 atom stereocenters. The minimum atomic E-state index is 0.130. The molecule has 8 rings (SSSR count). The molecule has 0 aliphatic heterocycles. The lowest BCUT2D eigenvalue weighted by Gasteiger charge is -2.08. The van der Waals surface area contributed by atoms with Crippen LogP contribution in [0.3, 0.4) is 0 Å². The van der Waals surface area contributed by atoms with Gasteiger partial charge in [-0.3, -0.25) is 8.97 Å². The molecular formula is C29H17N5O3. The van der Waals surface area contributed by atoms with Gasteiger partial charge in [-0.25, -0.2) is 9.97 Å². The molecule has 0 fully saturated rings. The van der Waals surface area contributed by atoms with Gasteiger partial charge in [-0.1, -0.05) is 36.4 Å². The van der Waals surface area contributed by atoms with Crippen molar-refractivity contribution in [1.82, 2.24) is 23.9 Å². The SMILES string of the molecule is Oc1cccc2oc3ncc(Oc4cccc(-n5c6ccccc6n6c7ccccc7nc56)n4)cc3c12. The van der Waals surface area contributed by atoms with Crippen LogP contribution in [0.4, 0.5) is 0 Å². The average Bonchev–Trinajstić information content (AvgIpc) is 3.57. The number of fused-ring (bicyclic) bond motifs is 8. The van der Waals surface area contributed by atoms with Crippen LogP contribution in [0.5, 0.6) is 17.4 Å². The summed E-state index contributed by atoms with van der Waals surface area (Å²) in [4.78, 5) is 14.1. The van der Waals surface area contributed by atoms with Gasteiger partial charge in [0.25, 0.3) is 0 Å². The fourth-order valence-electron chi connectivity index (χ4n) is 5.01. The third-order valence-electron chi connectivity index (χ3n) is 6.57. The van der Waals surface area contributed by atoms with Crippen LogP contribution in [-0.2, 0) is 0 Å². The van der Waals surface area contributed by atoms with E-state index in [4.69, 9.17) is 19.1 Å². The molecule has 8 nitrogen and oxygen atoms in total. The summed E-state index contributed by atoms with van der Waals surface area (Å²) in [6.07, 6.45) is 1.58. The van der Waals surface area contributed by atoms with E-state index in [2.05, 4.69) is 27.6 Å². The second kappa shape index (κ2) is 7.32. The second-order valence-electron chi connectivity index (χ2n) is 8.77. The van der Waals surface area contributed by atoms with Crippen molar-refractivity contribution in [3.8, 4) is 23.2 Å². The Morgan fingerprint density at radius 2 is 1.59 bits per heavy atom. The van der Waals surface area contributed by atoms with E-state index in [0.717, 1.165) is 27.8 Å². The Morgan fingerprint density at radius 1 is 0.784 bits per heavy atom. The summed E-state index contributed by atoms with van der Waals surface area (Å²) in [5, 5.41) is 11.6. The van der Waals surface area contributed by atoms with E-state index in [1.54, 1.807) is 36.5 Å². The molecular weight excluding hydrogens is 466 g/mol. The molecule has 5 aromatic heterocycles. The lowest BCUT2D eigenvalue weighted by Crippen LogP contribution is -1.99. The Kier molecular flexibility index (Phi) is 3.93. The molecule has 5 heterocycles. The molecule has 0 amide bonds. The average molecular weight is 483 g/mol. The third kappa shape index (κ3) is 2.86. The van der Waals surface area contributed by atoms with Crippen molar-refractivity contribution in [3.05, 3.63) is 97.2 Å². The summed E-state index contributed by atoms with van der Waals surface area (Å²) in [5.74, 6) is 2.47. The monoisotopic (exact) mass is 483 g/mol. The zero-order valence-corrected chi connectivity index (χ0v) is 19.2. The highest BCUT2D eigenvalue weighted by Gasteiger charge is 2.18. The minimum Gasteiger partial charge on any atom is -0.507 e. The highest BCUT2D eigenvalue weighted by molar-refractivity contribution is 6.07. The number of ether oxygens (including phenoxy) is 1. The molecule has 0 saturated heterocycles. The normalized spacial score (nSPS) is 11.9. The Morgan fingerprint density at radius 3 is 2.51 bits per heavy atom. The first-order chi connectivity index (χ1) is 18.2. The first-order valence-corrected chi connectivity index (χ1v) is 11.8. The number of imidazole rings is 2. The zero-order valence-electron chi connectivity index (χ0n) is 19.2. The van der Waals surface area contributed by atoms with Crippen molar-refractivity contribution in [1.29, 1.82) is 0 Å².